The summed E-state index contributed by atoms with van der Waals surface area (Å²) in [6.45, 7) is 7.35. The van der Waals surface area contributed by atoms with E-state index in [4.69, 9.17) is 0 Å². The van der Waals surface area contributed by atoms with Gasteiger partial charge in [0, 0.05) is 27.8 Å². The molecule has 2 spiro atoms. The van der Waals surface area contributed by atoms with Gasteiger partial charge in [-0.25, -0.2) is 0 Å². The minimum atomic E-state index is -0.420. The maximum Gasteiger partial charge on any atom is 0.0719 e. The number of hydrogen-bond donors (Lipinski definition) is 0. The van der Waals surface area contributed by atoms with E-state index in [0.717, 1.165) is 5.92 Å². The van der Waals surface area contributed by atoms with Crippen molar-refractivity contribution < 1.29 is 0 Å². The Kier molecular flexibility index (Phi) is 7.98. The van der Waals surface area contributed by atoms with Crippen LogP contribution < -0.4 is 4.90 Å². The molecule has 5 aliphatic rings. The second-order valence-electron chi connectivity index (χ2n) is 20.0. The predicted molar refractivity (Wildman–Crippen MR) is 261 cm³/mol. The minimum absolute atomic E-state index is 0.0867. The number of benzene rings is 8. The lowest BCUT2D eigenvalue weighted by molar-refractivity contribution is 0.0495. The predicted octanol–water partition coefficient (Wildman–Crippen LogP) is 15.9. The molecular formula is C62H53N. The Morgan fingerprint density at radius 3 is 1.56 bits per heavy atom. The van der Waals surface area contributed by atoms with Gasteiger partial charge < -0.3 is 4.90 Å². The smallest absolute Gasteiger partial charge is 0.0719 e. The fourth-order valence-corrected chi connectivity index (χ4v) is 14.4. The highest BCUT2D eigenvalue weighted by atomic mass is 15.1. The Balaban J connectivity index is 1.13. The highest BCUT2D eigenvalue weighted by Gasteiger charge is 2.62. The normalized spacial score (nSPS) is 22.4. The second-order valence-corrected chi connectivity index (χ2v) is 20.0. The quantitative estimate of drug-likeness (QED) is 0.171. The monoisotopic (exact) mass is 811 g/mol. The van der Waals surface area contributed by atoms with Crippen LogP contribution in [0.1, 0.15) is 97.4 Å². The van der Waals surface area contributed by atoms with Gasteiger partial charge in [-0.15, -0.1) is 0 Å². The Morgan fingerprint density at radius 1 is 0.413 bits per heavy atom. The molecule has 0 saturated heterocycles. The lowest BCUT2D eigenvalue weighted by Gasteiger charge is -2.60. The Hall–Kier alpha value is -6.44. The molecule has 2 fully saturated rings. The van der Waals surface area contributed by atoms with Gasteiger partial charge in [0.1, 0.15) is 0 Å². The van der Waals surface area contributed by atoms with Crippen molar-refractivity contribution >= 4 is 17.1 Å². The molecule has 306 valence electrons. The molecule has 2 unspecified atom stereocenters. The molecule has 5 aliphatic carbocycles. The summed E-state index contributed by atoms with van der Waals surface area (Å²) in [5.74, 6) is 1.87. The Bertz CT molecular complexity index is 3070. The van der Waals surface area contributed by atoms with Crippen LogP contribution in [0.15, 0.2) is 188 Å². The van der Waals surface area contributed by atoms with Gasteiger partial charge in [-0.2, -0.15) is 0 Å². The van der Waals surface area contributed by atoms with Crippen LogP contribution in [-0.2, 0) is 16.2 Å². The van der Waals surface area contributed by atoms with Crippen molar-refractivity contribution in [2.75, 3.05) is 4.90 Å². The minimum Gasteiger partial charge on any atom is -0.310 e. The van der Waals surface area contributed by atoms with Gasteiger partial charge in [-0.05, 0) is 146 Å². The molecule has 4 atom stereocenters. The molecule has 0 N–H and O–H groups in total. The zero-order valence-electron chi connectivity index (χ0n) is 36.6. The van der Waals surface area contributed by atoms with E-state index in [0.29, 0.717) is 11.8 Å². The number of anilines is 3. The van der Waals surface area contributed by atoms with Crippen molar-refractivity contribution in [2.24, 2.45) is 17.8 Å². The first kappa shape index (κ1) is 37.1. The van der Waals surface area contributed by atoms with E-state index in [-0.39, 0.29) is 10.8 Å². The summed E-state index contributed by atoms with van der Waals surface area (Å²) in [5.41, 5.74) is 22.7. The fourth-order valence-electron chi connectivity index (χ4n) is 14.4. The van der Waals surface area contributed by atoms with Crippen LogP contribution in [0.25, 0.3) is 33.4 Å². The van der Waals surface area contributed by atoms with Gasteiger partial charge in [0.15, 0.2) is 0 Å². The SMILES string of the molecule is CC1C[C@H]2CCC[C@@H](C1)C21c2ccccc2C2(c3ccccc3-c3ccccc32)c2ccc(N(c3ccc4c(c3)C(C)(C)c3ccccc3-4)c3ccccc3-c3ccccc3)cc21. The van der Waals surface area contributed by atoms with Crippen LogP contribution in [0.5, 0.6) is 0 Å². The first-order valence-electron chi connectivity index (χ1n) is 23.5. The van der Waals surface area contributed by atoms with Crippen LogP contribution in [-0.4, -0.2) is 0 Å². The van der Waals surface area contributed by atoms with Gasteiger partial charge in [0.05, 0.1) is 11.1 Å². The van der Waals surface area contributed by atoms with Crippen LogP contribution in [0.3, 0.4) is 0 Å². The van der Waals surface area contributed by atoms with E-state index >= 15 is 0 Å². The lowest BCUT2D eigenvalue weighted by Crippen LogP contribution is -2.55. The van der Waals surface area contributed by atoms with E-state index in [2.05, 4.69) is 214 Å². The number of nitrogens with zero attached hydrogens (tertiary/aromatic N) is 1. The zero-order valence-corrected chi connectivity index (χ0v) is 36.6. The number of fused-ring (bicyclic) bond motifs is 12. The first-order valence-corrected chi connectivity index (χ1v) is 23.5. The third-order valence-electron chi connectivity index (χ3n) is 16.7. The topological polar surface area (TPSA) is 3.24 Å². The molecule has 8 aromatic carbocycles. The molecule has 0 amide bonds. The van der Waals surface area contributed by atoms with Gasteiger partial charge in [-0.1, -0.05) is 185 Å². The molecule has 1 heteroatoms. The Labute approximate surface area is 373 Å². The van der Waals surface area contributed by atoms with Crippen molar-refractivity contribution in [1.82, 2.24) is 0 Å². The average molecular weight is 812 g/mol. The zero-order chi connectivity index (χ0) is 42.1. The standard InChI is InChI=1S/C62H53N/c1-40-36-42-20-17-21-43(37-40)61(42)54-29-14-15-30-55(54)62(52-27-12-8-24-48(52)49-25-9-13-28-53(49)62)56-35-33-45(39-58(56)61)63(59-31-16-10-22-46(59)41-18-5-4-6-19-41)44-32-34-50-47-23-7-11-26-51(47)60(2,3)57(50)38-44/h4-16,18-19,22-35,38-40,42-43H,17,20-21,36-37H2,1-3H3/t40?,42-,43+,61?. The summed E-state index contributed by atoms with van der Waals surface area (Å²) < 4.78 is 0. The molecule has 2 bridgehead atoms. The van der Waals surface area contributed by atoms with Gasteiger partial charge >= 0.3 is 0 Å². The summed E-state index contributed by atoms with van der Waals surface area (Å²) in [7, 11) is 0. The second kappa shape index (κ2) is 13.5. The number of rotatable bonds is 4. The fraction of sp³-hybridized carbons (Fsp3) is 0.226. The van der Waals surface area contributed by atoms with Gasteiger partial charge in [0.2, 0.25) is 0 Å². The molecule has 1 nitrogen and oxygen atoms in total. The molecule has 63 heavy (non-hydrogen) atoms. The molecule has 0 aliphatic heterocycles. The largest absolute Gasteiger partial charge is 0.310 e. The van der Waals surface area contributed by atoms with Crippen LogP contribution in [0.4, 0.5) is 17.1 Å². The van der Waals surface area contributed by atoms with Crippen LogP contribution in [0.2, 0.25) is 0 Å². The summed E-state index contributed by atoms with van der Waals surface area (Å²) in [6.07, 6.45) is 6.42. The maximum absolute atomic E-state index is 2.72. The highest BCUT2D eigenvalue weighted by molar-refractivity contribution is 5.93. The summed E-state index contributed by atoms with van der Waals surface area (Å²) >= 11 is 0. The van der Waals surface area contributed by atoms with Crippen LogP contribution in [0, 0.1) is 17.8 Å². The van der Waals surface area contributed by atoms with Gasteiger partial charge in [0.25, 0.3) is 0 Å². The maximum atomic E-state index is 2.72. The Morgan fingerprint density at radius 2 is 0.889 bits per heavy atom. The molecule has 2 saturated carbocycles. The third-order valence-corrected chi connectivity index (χ3v) is 16.7. The summed E-state index contributed by atoms with van der Waals surface area (Å²) in [6, 6.07) is 72.7. The van der Waals surface area contributed by atoms with E-state index < -0.39 is 5.41 Å². The average Bonchev–Trinajstić information content (AvgIpc) is 3.74. The molecule has 0 heterocycles. The molecule has 0 radical (unpaired) electrons. The number of hydrogen-bond acceptors (Lipinski definition) is 1. The van der Waals surface area contributed by atoms with Crippen molar-refractivity contribution in [1.29, 1.82) is 0 Å². The number of para-hydroxylation sites is 1. The van der Waals surface area contributed by atoms with Crippen molar-refractivity contribution in [2.45, 2.75) is 69.1 Å². The van der Waals surface area contributed by atoms with Gasteiger partial charge in [-0.3, -0.25) is 0 Å². The third kappa shape index (κ3) is 4.89. The summed E-state index contributed by atoms with van der Waals surface area (Å²) in [5, 5.41) is 0. The molecular weight excluding hydrogens is 759 g/mol. The first-order chi connectivity index (χ1) is 30.9. The van der Waals surface area contributed by atoms with E-state index in [1.807, 2.05) is 0 Å². The van der Waals surface area contributed by atoms with E-state index in [9.17, 15) is 0 Å². The lowest BCUT2D eigenvalue weighted by atomic mass is 9.42. The highest BCUT2D eigenvalue weighted by Crippen LogP contribution is 2.69. The summed E-state index contributed by atoms with van der Waals surface area (Å²) in [4.78, 5) is 2.61. The van der Waals surface area contributed by atoms with E-state index in [1.54, 1.807) is 11.1 Å². The molecule has 8 aromatic rings. The van der Waals surface area contributed by atoms with Crippen LogP contribution >= 0.6 is 0 Å². The van der Waals surface area contributed by atoms with E-state index in [1.165, 1.54) is 116 Å². The van der Waals surface area contributed by atoms with Crippen molar-refractivity contribution in [3.63, 3.8) is 0 Å². The van der Waals surface area contributed by atoms with Crippen molar-refractivity contribution in [3.05, 3.63) is 233 Å². The molecule has 13 rings (SSSR count). The molecule has 0 aromatic heterocycles. The van der Waals surface area contributed by atoms with Crippen molar-refractivity contribution in [3.8, 4) is 33.4 Å².